The third-order valence-electron chi connectivity index (χ3n) is 4.17. The quantitative estimate of drug-likeness (QED) is 0.791. The predicted octanol–water partition coefficient (Wildman–Crippen LogP) is 3.71. The van der Waals surface area contributed by atoms with Gasteiger partial charge in [-0.3, -0.25) is 0 Å². The fourth-order valence-electron chi connectivity index (χ4n) is 2.84. The van der Waals surface area contributed by atoms with Crippen molar-refractivity contribution in [2.45, 2.75) is 52.6 Å². The minimum Gasteiger partial charge on any atom is -0.454 e. The van der Waals surface area contributed by atoms with Gasteiger partial charge in [0.25, 0.3) is 0 Å². The minimum absolute atomic E-state index is 0.347. The highest BCUT2D eigenvalue weighted by Gasteiger charge is 2.19. The maximum atomic E-state index is 5.45. The number of fused-ring (bicyclic) bond motifs is 1. The average molecular weight is 277 g/mol. The van der Waals surface area contributed by atoms with Gasteiger partial charge in [0.15, 0.2) is 11.5 Å². The van der Waals surface area contributed by atoms with Crippen LogP contribution in [-0.2, 0) is 6.42 Å². The zero-order valence-corrected chi connectivity index (χ0v) is 13.3. The molecule has 0 bridgehead atoms. The van der Waals surface area contributed by atoms with Crippen LogP contribution < -0.4 is 9.47 Å². The Morgan fingerprint density at radius 3 is 2.45 bits per heavy atom. The fraction of sp³-hybridized carbons (Fsp3) is 0.647. The van der Waals surface area contributed by atoms with Gasteiger partial charge in [0.2, 0.25) is 6.79 Å². The molecule has 0 aromatic heterocycles. The topological polar surface area (TPSA) is 21.7 Å². The van der Waals surface area contributed by atoms with E-state index in [1.165, 1.54) is 12.0 Å². The van der Waals surface area contributed by atoms with Crippen LogP contribution >= 0.6 is 0 Å². The van der Waals surface area contributed by atoms with E-state index in [2.05, 4.69) is 51.8 Å². The lowest BCUT2D eigenvalue weighted by atomic mass is 10.0. The summed E-state index contributed by atoms with van der Waals surface area (Å²) in [5.41, 5.74) is 1.31. The molecule has 0 saturated heterocycles. The highest BCUT2D eigenvalue weighted by atomic mass is 16.7. The van der Waals surface area contributed by atoms with E-state index in [0.717, 1.165) is 23.8 Å². The van der Waals surface area contributed by atoms with Crippen LogP contribution in [0, 0.1) is 5.92 Å². The average Bonchev–Trinajstić information content (AvgIpc) is 2.84. The predicted molar refractivity (Wildman–Crippen MR) is 82.4 cm³/mol. The maximum Gasteiger partial charge on any atom is 0.231 e. The number of rotatable bonds is 6. The summed E-state index contributed by atoms with van der Waals surface area (Å²) in [6.45, 7) is 9.52. The van der Waals surface area contributed by atoms with Gasteiger partial charge in [-0.05, 0) is 57.4 Å². The van der Waals surface area contributed by atoms with Gasteiger partial charge < -0.3 is 14.4 Å². The summed E-state index contributed by atoms with van der Waals surface area (Å²) in [5, 5.41) is 0. The monoisotopic (exact) mass is 277 g/mol. The number of ether oxygens (including phenoxy) is 2. The Hall–Kier alpha value is -1.22. The van der Waals surface area contributed by atoms with Crippen molar-refractivity contribution in [3.05, 3.63) is 23.8 Å². The van der Waals surface area contributed by atoms with Gasteiger partial charge in [-0.1, -0.05) is 19.9 Å². The molecule has 0 spiro atoms. The first-order chi connectivity index (χ1) is 9.47. The number of hydrogen-bond donors (Lipinski definition) is 0. The Labute approximate surface area is 122 Å². The van der Waals surface area contributed by atoms with Crippen LogP contribution in [0.4, 0.5) is 0 Å². The van der Waals surface area contributed by atoms with E-state index in [9.17, 15) is 0 Å². The maximum absolute atomic E-state index is 5.45. The van der Waals surface area contributed by atoms with Gasteiger partial charge in [0.1, 0.15) is 0 Å². The van der Waals surface area contributed by atoms with Crippen molar-refractivity contribution >= 4 is 0 Å². The molecule has 0 N–H and O–H groups in total. The second-order valence-electron chi connectivity index (χ2n) is 6.38. The van der Waals surface area contributed by atoms with Crippen molar-refractivity contribution in [2.75, 3.05) is 13.8 Å². The van der Waals surface area contributed by atoms with Gasteiger partial charge >= 0.3 is 0 Å². The zero-order chi connectivity index (χ0) is 14.7. The third-order valence-corrected chi connectivity index (χ3v) is 4.17. The highest BCUT2D eigenvalue weighted by molar-refractivity contribution is 5.44. The molecule has 1 aromatic rings. The molecule has 2 unspecified atom stereocenters. The van der Waals surface area contributed by atoms with E-state index in [1.54, 1.807) is 0 Å². The molecule has 0 amide bonds. The first-order valence-corrected chi connectivity index (χ1v) is 7.57. The van der Waals surface area contributed by atoms with E-state index >= 15 is 0 Å². The molecule has 0 saturated carbocycles. The highest BCUT2D eigenvalue weighted by Crippen LogP contribution is 2.33. The second-order valence-corrected chi connectivity index (χ2v) is 6.38. The molecule has 1 heterocycles. The smallest absolute Gasteiger partial charge is 0.231 e. The van der Waals surface area contributed by atoms with Crippen molar-refractivity contribution in [3.8, 4) is 11.5 Å². The van der Waals surface area contributed by atoms with Crippen molar-refractivity contribution in [1.29, 1.82) is 0 Å². The van der Waals surface area contributed by atoms with Crippen molar-refractivity contribution in [2.24, 2.45) is 5.92 Å². The molecule has 2 atom stereocenters. The van der Waals surface area contributed by atoms with Gasteiger partial charge in [0.05, 0.1) is 0 Å². The second kappa shape index (κ2) is 6.49. The summed E-state index contributed by atoms with van der Waals surface area (Å²) in [7, 11) is 2.23. The number of benzene rings is 1. The SMILES string of the molecule is CC(C)CC(C)N(C)C(C)Cc1ccc2c(c1)OCO2. The Balaban J connectivity index is 1.95. The Morgan fingerprint density at radius 2 is 1.75 bits per heavy atom. The zero-order valence-electron chi connectivity index (χ0n) is 13.3. The normalized spacial score (nSPS) is 16.8. The lowest BCUT2D eigenvalue weighted by Crippen LogP contribution is -2.38. The van der Waals surface area contributed by atoms with Gasteiger partial charge in [-0.25, -0.2) is 0 Å². The van der Waals surface area contributed by atoms with E-state index in [1.807, 2.05) is 6.07 Å². The summed E-state index contributed by atoms with van der Waals surface area (Å²) in [6, 6.07) is 7.40. The molecule has 20 heavy (non-hydrogen) atoms. The molecule has 3 heteroatoms. The molecule has 112 valence electrons. The molecule has 2 rings (SSSR count). The first-order valence-electron chi connectivity index (χ1n) is 7.57. The molecular formula is C17H27NO2. The van der Waals surface area contributed by atoms with Crippen molar-refractivity contribution < 1.29 is 9.47 Å². The molecule has 1 aromatic carbocycles. The van der Waals surface area contributed by atoms with Crippen molar-refractivity contribution in [1.82, 2.24) is 4.90 Å². The van der Waals surface area contributed by atoms with E-state index in [-0.39, 0.29) is 0 Å². The molecule has 1 aliphatic heterocycles. The molecular weight excluding hydrogens is 250 g/mol. The standard InChI is InChI=1S/C17H27NO2/c1-12(2)8-13(3)18(5)14(4)9-15-6-7-16-17(10-15)20-11-19-16/h6-7,10,12-14H,8-9,11H2,1-5H3. The summed E-state index contributed by atoms with van der Waals surface area (Å²) < 4.78 is 10.8. The van der Waals surface area contributed by atoms with Crippen LogP contribution in [0.5, 0.6) is 11.5 Å². The lowest BCUT2D eigenvalue weighted by molar-refractivity contribution is 0.172. The first kappa shape index (κ1) is 15.2. The Bertz CT molecular complexity index is 445. The van der Waals surface area contributed by atoms with Gasteiger partial charge in [0, 0.05) is 12.1 Å². The largest absolute Gasteiger partial charge is 0.454 e. The van der Waals surface area contributed by atoms with Crippen LogP contribution in [0.15, 0.2) is 18.2 Å². The summed E-state index contributed by atoms with van der Waals surface area (Å²) in [5.74, 6) is 2.49. The van der Waals surface area contributed by atoms with Crippen LogP contribution in [-0.4, -0.2) is 30.8 Å². The fourth-order valence-corrected chi connectivity index (χ4v) is 2.84. The van der Waals surface area contributed by atoms with Gasteiger partial charge in [-0.15, -0.1) is 0 Å². The molecule has 0 radical (unpaired) electrons. The van der Waals surface area contributed by atoms with E-state index < -0.39 is 0 Å². The van der Waals surface area contributed by atoms with Crippen molar-refractivity contribution in [3.63, 3.8) is 0 Å². The van der Waals surface area contributed by atoms with E-state index in [0.29, 0.717) is 18.9 Å². The summed E-state index contributed by atoms with van der Waals surface area (Å²) in [4.78, 5) is 2.48. The number of nitrogens with zero attached hydrogens (tertiary/aromatic N) is 1. The molecule has 3 nitrogen and oxygen atoms in total. The minimum atomic E-state index is 0.347. The van der Waals surface area contributed by atoms with Crippen LogP contribution in [0.3, 0.4) is 0 Å². The van der Waals surface area contributed by atoms with E-state index in [4.69, 9.17) is 9.47 Å². The lowest BCUT2D eigenvalue weighted by Gasteiger charge is -2.32. The molecule has 0 aliphatic carbocycles. The van der Waals surface area contributed by atoms with Crippen LogP contribution in [0.1, 0.15) is 39.7 Å². The summed E-state index contributed by atoms with van der Waals surface area (Å²) in [6.07, 6.45) is 2.28. The van der Waals surface area contributed by atoms with Crippen LogP contribution in [0.2, 0.25) is 0 Å². The summed E-state index contributed by atoms with van der Waals surface area (Å²) >= 11 is 0. The third kappa shape index (κ3) is 3.66. The van der Waals surface area contributed by atoms with Gasteiger partial charge in [-0.2, -0.15) is 0 Å². The molecule has 0 fully saturated rings. The Kier molecular flexibility index (Phi) is 4.92. The molecule has 1 aliphatic rings. The Morgan fingerprint density at radius 1 is 1.05 bits per heavy atom. The number of likely N-dealkylation sites (N-methyl/N-ethyl adjacent to an activating group) is 1. The van der Waals surface area contributed by atoms with Crippen LogP contribution in [0.25, 0.3) is 0 Å². The number of hydrogen-bond acceptors (Lipinski definition) is 3.